The molecule has 1 atom stereocenters. The highest BCUT2D eigenvalue weighted by molar-refractivity contribution is 5.75. The van der Waals surface area contributed by atoms with Crippen LogP contribution in [0, 0.1) is 0 Å². The second-order valence-corrected chi connectivity index (χ2v) is 6.40. The van der Waals surface area contributed by atoms with Crippen molar-refractivity contribution in [3.8, 4) is 0 Å². The van der Waals surface area contributed by atoms with E-state index in [0.717, 1.165) is 31.7 Å². The molecule has 0 bridgehead atoms. The highest BCUT2D eigenvalue weighted by Gasteiger charge is 2.28. The number of hydrogen-bond acceptors (Lipinski definition) is 3. The molecule has 0 spiro atoms. The Hall–Kier alpha value is -1.39. The second kappa shape index (κ2) is 5.94. The molecule has 1 heterocycles. The van der Waals surface area contributed by atoms with Crippen molar-refractivity contribution in [1.82, 2.24) is 10.2 Å². The Labute approximate surface area is 120 Å². The van der Waals surface area contributed by atoms with Gasteiger partial charge in [0, 0.05) is 26.2 Å². The minimum Gasteiger partial charge on any atom is -0.480 e. The molecule has 0 amide bonds. The van der Waals surface area contributed by atoms with Gasteiger partial charge in [-0.05, 0) is 16.5 Å². The zero-order valence-corrected chi connectivity index (χ0v) is 12.5. The summed E-state index contributed by atoms with van der Waals surface area (Å²) >= 11 is 0. The molecule has 1 aromatic carbocycles. The topological polar surface area (TPSA) is 52.6 Å². The highest BCUT2D eigenvalue weighted by atomic mass is 16.4. The van der Waals surface area contributed by atoms with Crippen LogP contribution in [0.5, 0.6) is 0 Å². The summed E-state index contributed by atoms with van der Waals surface area (Å²) in [5.74, 6) is -0.768. The molecule has 0 radical (unpaired) electrons. The van der Waals surface area contributed by atoms with E-state index in [1.807, 2.05) is 29.2 Å². The van der Waals surface area contributed by atoms with Crippen molar-refractivity contribution in [2.24, 2.45) is 0 Å². The van der Waals surface area contributed by atoms with Gasteiger partial charge in [-0.15, -0.1) is 0 Å². The van der Waals surface area contributed by atoms with Crippen molar-refractivity contribution < 1.29 is 9.90 Å². The SMILES string of the molecule is CC(C)(C)c1ccc(C(C(=O)O)N2CCNCC2)cc1. The molecule has 4 heteroatoms. The van der Waals surface area contributed by atoms with Gasteiger partial charge < -0.3 is 10.4 Å². The summed E-state index contributed by atoms with van der Waals surface area (Å²) in [5.41, 5.74) is 2.19. The molecule has 2 rings (SSSR count). The number of benzene rings is 1. The molecule has 1 aliphatic heterocycles. The number of rotatable bonds is 3. The number of aliphatic carboxylic acids is 1. The van der Waals surface area contributed by atoms with Gasteiger partial charge in [-0.1, -0.05) is 45.0 Å². The van der Waals surface area contributed by atoms with Crippen molar-refractivity contribution >= 4 is 5.97 Å². The Bertz CT molecular complexity index is 456. The normalized spacial score (nSPS) is 18.8. The first-order chi connectivity index (χ1) is 9.39. The van der Waals surface area contributed by atoms with Gasteiger partial charge in [0.15, 0.2) is 0 Å². The average Bonchev–Trinajstić information content (AvgIpc) is 2.39. The number of piperazine rings is 1. The maximum Gasteiger partial charge on any atom is 0.325 e. The third-order valence-electron chi connectivity index (χ3n) is 3.84. The molecule has 1 aliphatic rings. The van der Waals surface area contributed by atoms with E-state index < -0.39 is 12.0 Å². The van der Waals surface area contributed by atoms with Gasteiger partial charge in [-0.3, -0.25) is 9.69 Å². The van der Waals surface area contributed by atoms with Crippen LogP contribution in [0.1, 0.15) is 37.9 Å². The molecule has 1 unspecified atom stereocenters. The van der Waals surface area contributed by atoms with Crippen molar-refractivity contribution in [2.45, 2.75) is 32.2 Å². The van der Waals surface area contributed by atoms with Crippen LogP contribution in [0.4, 0.5) is 0 Å². The monoisotopic (exact) mass is 276 g/mol. The number of carboxylic acids is 1. The zero-order valence-electron chi connectivity index (χ0n) is 12.5. The Morgan fingerprint density at radius 1 is 1.20 bits per heavy atom. The third-order valence-corrected chi connectivity index (χ3v) is 3.84. The van der Waals surface area contributed by atoms with Crippen molar-refractivity contribution in [3.05, 3.63) is 35.4 Å². The van der Waals surface area contributed by atoms with Crippen LogP contribution in [-0.4, -0.2) is 42.2 Å². The van der Waals surface area contributed by atoms with Gasteiger partial charge in [0.25, 0.3) is 0 Å². The summed E-state index contributed by atoms with van der Waals surface area (Å²) < 4.78 is 0. The van der Waals surface area contributed by atoms with Gasteiger partial charge in [0.05, 0.1) is 0 Å². The van der Waals surface area contributed by atoms with Gasteiger partial charge >= 0.3 is 5.97 Å². The summed E-state index contributed by atoms with van der Waals surface area (Å²) in [6, 6.07) is 7.48. The van der Waals surface area contributed by atoms with E-state index >= 15 is 0 Å². The van der Waals surface area contributed by atoms with E-state index in [4.69, 9.17) is 0 Å². The van der Waals surface area contributed by atoms with Crippen molar-refractivity contribution in [3.63, 3.8) is 0 Å². The number of hydrogen-bond donors (Lipinski definition) is 2. The largest absolute Gasteiger partial charge is 0.480 e. The number of carboxylic acid groups (broad SMARTS) is 1. The zero-order chi connectivity index (χ0) is 14.8. The molecule has 0 aromatic heterocycles. The van der Waals surface area contributed by atoms with Crippen LogP contribution >= 0.6 is 0 Å². The second-order valence-electron chi connectivity index (χ2n) is 6.40. The van der Waals surface area contributed by atoms with Gasteiger partial charge in [0.1, 0.15) is 6.04 Å². The Balaban J connectivity index is 2.23. The molecule has 20 heavy (non-hydrogen) atoms. The molecule has 1 fully saturated rings. The predicted octanol–water partition coefficient (Wildman–Crippen LogP) is 2.01. The number of nitrogens with zero attached hydrogens (tertiary/aromatic N) is 1. The Kier molecular flexibility index (Phi) is 4.45. The quantitative estimate of drug-likeness (QED) is 0.887. The van der Waals surface area contributed by atoms with Crippen LogP contribution in [0.3, 0.4) is 0 Å². The Morgan fingerprint density at radius 3 is 2.20 bits per heavy atom. The molecule has 0 saturated carbocycles. The smallest absolute Gasteiger partial charge is 0.325 e. The minimum absolute atomic E-state index is 0.0896. The van der Waals surface area contributed by atoms with E-state index in [1.54, 1.807) is 0 Å². The van der Waals surface area contributed by atoms with Gasteiger partial charge in [0.2, 0.25) is 0 Å². The van der Waals surface area contributed by atoms with E-state index in [0.29, 0.717) is 0 Å². The maximum absolute atomic E-state index is 11.6. The van der Waals surface area contributed by atoms with E-state index in [2.05, 4.69) is 26.1 Å². The van der Waals surface area contributed by atoms with Gasteiger partial charge in [-0.2, -0.15) is 0 Å². The van der Waals surface area contributed by atoms with Crippen LogP contribution in [0.15, 0.2) is 24.3 Å². The van der Waals surface area contributed by atoms with Crippen LogP contribution in [0.25, 0.3) is 0 Å². The van der Waals surface area contributed by atoms with E-state index in [1.165, 1.54) is 5.56 Å². The molecule has 110 valence electrons. The lowest BCUT2D eigenvalue weighted by atomic mass is 9.86. The van der Waals surface area contributed by atoms with E-state index in [-0.39, 0.29) is 5.41 Å². The van der Waals surface area contributed by atoms with Crippen LogP contribution < -0.4 is 5.32 Å². The lowest BCUT2D eigenvalue weighted by Crippen LogP contribution is -2.47. The first kappa shape index (κ1) is 15.0. The molecule has 2 N–H and O–H groups in total. The first-order valence-electron chi connectivity index (χ1n) is 7.17. The first-order valence-corrected chi connectivity index (χ1v) is 7.17. The summed E-state index contributed by atoms with van der Waals surface area (Å²) in [6.45, 7) is 9.73. The fourth-order valence-electron chi connectivity index (χ4n) is 2.62. The van der Waals surface area contributed by atoms with Crippen LogP contribution in [-0.2, 0) is 10.2 Å². The van der Waals surface area contributed by atoms with Crippen molar-refractivity contribution in [1.29, 1.82) is 0 Å². The molecule has 4 nitrogen and oxygen atoms in total. The molecule has 1 aromatic rings. The summed E-state index contributed by atoms with van der Waals surface area (Å²) in [6.07, 6.45) is 0. The summed E-state index contributed by atoms with van der Waals surface area (Å²) in [5, 5.41) is 12.8. The lowest BCUT2D eigenvalue weighted by Gasteiger charge is -2.32. The third kappa shape index (κ3) is 3.38. The fourth-order valence-corrected chi connectivity index (χ4v) is 2.62. The molecular weight excluding hydrogens is 252 g/mol. The predicted molar refractivity (Wildman–Crippen MR) is 80.0 cm³/mol. The van der Waals surface area contributed by atoms with Crippen molar-refractivity contribution in [2.75, 3.05) is 26.2 Å². The molecular formula is C16H24N2O2. The fraction of sp³-hybridized carbons (Fsp3) is 0.562. The van der Waals surface area contributed by atoms with Gasteiger partial charge in [-0.25, -0.2) is 0 Å². The molecule has 0 aliphatic carbocycles. The summed E-state index contributed by atoms with van der Waals surface area (Å²) in [4.78, 5) is 13.7. The lowest BCUT2D eigenvalue weighted by molar-refractivity contribution is -0.143. The average molecular weight is 276 g/mol. The van der Waals surface area contributed by atoms with E-state index in [9.17, 15) is 9.90 Å². The van der Waals surface area contributed by atoms with Crippen LogP contribution in [0.2, 0.25) is 0 Å². The highest BCUT2D eigenvalue weighted by Crippen LogP contribution is 2.26. The number of nitrogens with one attached hydrogen (secondary N) is 1. The Morgan fingerprint density at radius 2 is 1.75 bits per heavy atom. The summed E-state index contributed by atoms with van der Waals surface area (Å²) in [7, 11) is 0. The maximum atomic E-state index is 11.6. The number of carbonyl (C=O) groups is 1. The molecule has 1 saturated heterocycles. The minimum atomic E-state index is -0.768. The standard InChI is InChI=1S/C16H24N2O2/c1-16(2,3)13-6-4-12(5-7-13)14(15(19)20)18-10-8-17-9-11-18/h4-7,14,17H,8-11H2,1-3H3,(H,19,20).